The molecule has 0 aliphatic heterocycles. The average molecular weight is 262 g/mol. The number of hydrogen-bond donors (Lipinski definition) is 1. The maximum Gasteiger partial charge on any atom is 0.150 e. The van der Waals surface area contributed by atoms with Crippen LogP contribution in [0.5, 0.6) is 0 Å². The fourth-order valence-electron chi connectivity index (χ4n) is 1.60. The van der Waals surface area contributed by atoms with E-state index >= 15 is 0 Å². The first-order chi connectivity index (χ1) is 8.45. The Labute approximate surface area is 112 Å². The zero-order valence-electron chi connectivity index (χ0n) is 10.7. The van der Waals surface area contributed by atoms with Crippen LogP contribution in [0.1, 0.15) is 26.3 Å². The number of benzene rings is 1. The summed E-state index contributed by atoms with van der Waals surface area (Å²) in [6.07, 6.45) is 3.15. The number of rotatable bonds is 2. The molecule has 1 aromatic carbocycles. The monoisotopic (exact) mass is 261 g/mol. The second-order valence-corrected chi connectivity index (χ2v) is 5.57. The van der Waals surface area contributed by atoms with Crippen LogP contribution in [-0.4, -0.2) is 9.97 Å². The number of nitrogens with one attached hydrogen (secondary N) is 1. The van der Waals surface area contributed by atoms with Crippen LogP contribution in [0.15, 0.2) is 36.7 Å². The minimum absolute atomic E-state index is 0.161. The second kappa shape index (κ2) is 4.94. The molecule has 1 N–H and O–H groups in total. The average Bonchev–Trinajstić information content (AvgIpc) is 2.28. The maximum atomic E-state index is 5.78. The summed E-state index contributed by atoms with van der Waals surface area (Å²) in [5.41, 5.74) is 2.43. The molecule has 0 saturated heterocycles. The van der Waals surface area contributed by atoms with Gasteiger partial charge in [0.05, 0.1) is 12.4 Å². The van der Waals surface area contributed by atoms with Crippen molar-refractivity contribution in [2.75, 3.05) is 5.32 Å². The molecule has 0 saturated carbocycles. The van der Waals surface area contributed by atoms with Gasteiger partial charge in [-0.2, -0.15) is 0 Å². The van der Waals surface area contributed by atoms with Gasteiger partial charge in [0.1, 0.15) is 5.15 Å². The fraction of sp³-hybridized carbons (Fsp3) is 0.286. The minimum Gasteiger partial charge on any atom is -0.339 e. The van der Waals surface area contributed by atoms with Crippen molar-refractivity contribution in [3.8, 4) is 0 Å². The summed E-state index contributed by atoms with van der Waals surface area (Å²) in [6, 6.07) is 8.28. The van der Waals surface area contributed by atoms with Crippen LogP contribution >= 0.6 is 11.6 Å². The Morgan fingerprint density at radius 2 is 1.72 bits per heavy atom. The van der Waals surface area contributed by atoms with Crippen LogP contribution in [0.4, 0.5) is 11.5 Å². The lowest BCUT2D eigenvalue weighted by Gasteiger charge is -2.19. The molecule has 1 aromatic heterocycles. The van der Waals surface area contributed by atoms with Gasteiger partial charge in [-0.15, -0.1) is 0 Å². The number of hydrogen-bond acceptors (Lipinski definition) is 3. The van der Waals surface area contributed by atoms with Crippen LogP contribution in [0.25, 0.3) is 0 Å². The van der Waals surface area contributed by atoms with E-state index in [1.54, 1.807) is 6.20 Å². The van der Waals surface area contributed by atoms with Crippen LogP contribution in [0, 0.1) is 0 Å². The molecule has 0 spiro atoms. The zero-order chi connectivity index (χ0) is 13.2. The van der Waals surface area contributed by atoms with Gasteiger partial charge in [0.2, 0.25) is 0 Å². The third kappa shape index (κ3) is 3.20. The van der Waals surface area contributed by atoms with Crippen molar-refractivity contribution in [1.82, 2.24) is 9.97 Å². The summed E-state index contributed by atoms with van der Waals surface area (Å²) in [7, 11) is 0. The molecule has 94 valence electrons. The van der Waals surface area contributed by atoms with Crippen molar-refractivity contribution in [1.29, 1.82) is 0 Å². The first-order valence-corrected chi connectivity index (χ1v) is 6.18. The summed E-state index contributed by atoms with van der Waals surface area (Å²) in [5, 5.41) is 3.55. The molecule has 0 aliphatic rings. The van der Waals surface area contributed by atoms with E-state index in [1.165, 1.54) is 11.8 Å². The molecular weight excluding hydrogens is 246 g/mol. The van der Waals surface area contributed by atoms with Crippen LogP contribution in [0.3, 0.4) is 0 Å². The van der Waals surface area contributed by atoms with Gasteiger partial charge in [-0.05, 0) is 23.1 Å². The Bertz CT molecular complexity index is 529. The van der Waals surface area contributed by atoms with Gasteiger partial charge in [-0.3, -0.25) is 4.98 Å². The van der Waals surface area contributed by atoms with Gasteiger partial charge < -0.3 is 5.32 Å². The first-order valence-electron chi connectivity index (χ1n) is 5.80. The van der Waals surface area contributed by atoms with E-state index in [2.05, 4.69) is 48.2 Å². The van der Waals surface area contributed by atoms with Crippen molar-refractivity contribution in [2.24, 2.45) is 0 Å². The van der Waals surface area contributed by atoms with E-state index in [-0.39, 0.29) is 5.41 Å². The summed E-state index contributed by atoms with van der Waals surface area (Å²) in [5.74, 6) is 0.644. The van der Waals surface area contributed by atoms with Crippen molar-refractivity contribution >= 4 is 23.1 Å². The Balaban J connectivity index is 2.16. The van der Waals surface area contributed by atoms with Gasteiger partial charge >= 0.3 is 0 Å². The van der Waals surface area contributed by atoms with Crippen LogP contribution in [0.2, 0.25) is 5.15 Å². The molecule has 0 amide bonds. The third-order valence-electron chi connectivity index (χ3n) is 2.63. The molecule has 0 bridgehead atoms. The second-order valence-electron chi connectivity index (χ2n) is 5.18. The minimum atomic E-state index is 0.161. The predicted molar refractivity (Wildman–Crippen MR) is 75.5 cm³/mol. The standard InChI is InChI=1S/C14H16ClN3/c1-14(2,3)10-4-6-11(7-5-10)17-13-9-16-8-12(15)18-13/h4-9H,1-3H3,(H,17,18). The third-order valence-corrected chi connectivity index (χ3v) is 2.81. The molecule has 0 radical (unpaired) electrons. The maximum absolute atomic E-state index is 5.78. The van der Waals surface area contributed by atoms with Crippen molar-refractivity contribution < 1.29 is 0 Å². The smallest absolute Gasteiger partial charge is 0.150 e. The van der Waals surface area contributed by atoms with Crippen LogP contribution < -0.4 is 5.32 Å². The zero-order valence-corrected chi connectivity index (χ0v) is 11.5. The van der Waals surface area contributed by atoms with Gasteiger partial charge in [-0.1, -0.05) is 44.5 Å². The van der Waals surface area contributed by atoms with E-state index in [9.17, 15) is 0 Å². The topological polar surface area (TPSA) is 37.8 Å². The van der Waals surface area contributed by atoms with E-state index in [1.807, 2.05) is 12.1 Å². The van der Waals surface area contributed by atoms with Gasteiger partial charge in [0.15, 0.2) is 5.82 Å². The molecular formula is C14H16ClN3. The Hall–Kier alpha value is -1.61. The molecule has 2 rings (SSSR count). The van der Waals surface area contributed by atoms with Gasteiger partial charge in [0.25, 0.3) is 0 Å². The Kier molecular flexibility index (Phi) is 3.53. The normalized spacial score (nSPS) is 11.3. The lowest BCUT2D eigenvalue weighted by molar-refractivity contribution is 0.590. The predicted octanol–water partition coefficient (Wildman–Crippen LogP) is 4.17. The lowest BCUT2D eigenvalue weighted by atomic mass is 9.87. The highest BCUT2D eigenvalue weighted by Gasteiger charge is 2.12. The Morgan fingerprint density at radius 3 is 2.28 bits per heavy atom. The van der Waals surface area contributed by atoms with E-state index in [0.29, 0.717) is 11.0 Å². The highest BCUT2D eigenvalue weighted by atomic mass is 35.5. The molecule has 0 fully saturated rings. The number of nitrogens with zero attached hydrogens (tertiary/aromatic N) is 2. The summed E-state index contributed by atoms with van der Waals surface area (Å²) in [6.45, 7) is 6.58. The highest BCUT2D eigenvalue weighted by Crippen LogP contribution is 2.24. The van der Waals surface area contributed by atoms with Crippen LogP contribution in [-0.2, 0) is 5.41 Å². The first kappa shape index (κ1) is 12.8. The molecule has 0 unspecified atom stereocenters. The molecule has 0 atom stereocenters. The highest BCUT2D eigenvalue weighted by molar-refractivity contribution is 6.29. The molecule has 3 nitrogen and oxygen atoms in total. The van der Waals surface area contributed by atoms with E-state index < -0.39 is 0 Å². The molecule has 18 heavy (non-hydrogen) atoms. The fourth-order valence-corrected chi connectivity index (χ4v) is 1.75. The van der Waals surface area contributed by atoms with Crippen molar-refractivity contribution in [3.05, 3.63) is 47.4 Å². The summed E-state index contributed by atoms with van der Waals surface area (Å²) < 4.78 is 0. The summed E-state index contributed by atoms with van der Waals surface area (Å²) in [4.78, 5) is 8.11. The Morgan fingerprint density at radius 1 is 1.06 bits per heavy atom. The van der Waals surface area contributed by atoms with E-state index in [4.69, 9.17) is 11.6 Å². The lowest BCUT2D eigenvalue weighted by Crippen LogP contribution is -2.10. The van der Waals surface area contributed by atoms with Crippen molar-refractivity contribution in [3.63, 3.8) is 0 Å². The van der Waals surface area contributed by atoms with E-state index in [0.717, 1.165) is 5.69 Å². The summed E-state index contributed by atoms with van der Waals surface area (Å²) >= 11 is 5.78. The molecule has 4 heteroatoms. The molecule has 2 aromatic rings. The number of halogens is 1. The quantitative estimate of drug-likeness (QED) is 0.882. The number of anilines is 2. The van der Waals surface area contributed by atoms with Crippen molar-refractivity contribution in [2.45, 2.75) is 26.2 Å². The van der Waals surface area contributed by atoms with Gasteiger partial charge in [0, 0.05) is 5.69 Å². The SMILES string of the molecule is CC(C)(C)c1ccc(Nc2cncc(Cl)n2)cc1. The van der Waals surface area contributed by atoms with Gasteiger partial charge in [-0.25, -0.2) is 4.98 Å². The number of aromatic nitrogens is 2. The molecule has 1 heterocycles. The molecule has 0 aliphatic carbocycles. The largest absolute Gasteiger partial charge is 0.339 e.